The fourth-order valence-electron chi connectivity index (χ4n) is 2.93. The van der Waals surface area contributed by atoms with Gasteiger partial charge in [0.25, 0.3) is 0 Å². The van der Waals surface area contributed by atoms with Crippen molar-refractivity contribution >= 4 is 0 Å². The Morgan fingerprint density at radius 1 is 1.43 bits per heavy atom. The molecule has 0 bridgehead atoms. The van der Waals surface area contributed by atoms with Crippen LogP contribution in [0.5, 0.6) is 0 Å². The van der Waals surface area contributed by atoms with Gasteiger partial charge in [-0.25, -0.2) is 4.98 Å². The minimum Gasteiger partial charge on any atom is -0.472 e. The van der Waals surface area contributed by atoms with Gasteiger partial charge in [-0.2, -0.15) is 0 Å². The topological polar surface area (TPSA) is 51.6 Å². The molecule has 0 amide bonds. The van der Waals surface area contributed by atoms with E-state index in [1.165, 1.54) is 19.3 Å². The lowest BCUT2D eigenvalue weighted by atomic mass is 10.0. The van der Waals surface area contributed by atoms with Crippen LogP contribution in [0.4, 0.5) is 0 Å². The quantitative estimate of drug-likeness (QED) is 0.846. The molecule has 1 atom stereocenters. The highest BCUT2D eigenvalue weighted by atomic mass is 16.5. The minimum atomic E-state index is 0.484. The smallest absolute Gasteiger partial charge is 0.229 e. The maximum Gasteiger partial charge on any atom is 0.229 e. The summed E-state index contributed by atoms with van der Waals surface area (Å²) in [6.45, 7) is 4.68. The zero-order valence-corrected chi connectivity index (χ0v) is 12.7. The Bertz CT molecular complexity index is 560. The molecule has 0 spiro atoms. The molecule has 2 aromatic rings. The van der Waals surface area contributed by atoms with Gasteiger partial charge in [-0.3, -0.25) is 4.90 Å². The van der Waals surface area contributed by atoms with Gasteiger partial charge in [0.1, 0.15) is 12.0 Å². The van der Waals surface area contributed by atoms with Crippen molar-refractivity contribution in [3.8, 4) is 11.5 Å². The monoisotopic (exact) mass is 290 g/mol. The van der Waals surface area contributed by atoms with Crippen LogP contribution in [-0.4, -0.2) is 36.2 Å². The van der Waals surface area contributed by atoms with Crippen molar-refractivity contribution in [2.75, 3.05) is 20.3 Å². The number of rotatable bonds is 5. The number of hydrogen-bond acceptors (Lipinski definition) is 5. The number of methoxy groups -OCH3 is 1. The van der Waals surface area contributed by atoms with Gasteiger partial charge in [-0.05, 0) is 32.4 Å². The molecule has 1 aliphatic rings. The zero-order valence-electron chi connectivity index (χ0n) is 12.7. The highest BCUT2D eigenvalue weighted by Gasteiger charge is 2.24. The number of furan rings is 1. The van der Waals surface area contributed by atoms with Gasteiger partial charge in [0.15, 0.2) is 0 Å². The van der Waals surface area contributed by atoms with E-state index < -0.39 is 0 Å². The molecule has 0 aromatic carbocycles. The van der Waals surface area contributed by atoms with Crippen LogP contribution in [-0.2, 0) is 11.3 Å². The summed E-state index contributed by atoms with van der Waals surface area (Å²) in [4.78, 5) is 7.09. The second-order valence-electron chi connectivity index (χ2n) is 5.61. The van der Waals surface area contributed by atoms with E-state index in [1.807, 2.05) is 13.0 Å². The summed E-state index contributed by atoms with van der Waals surface area (Å²) in [5.41, 5.74) is 1.89. The average Bonchev–Trinajstić information content (AvgIpc) is 3.12. The first-order chi connectivity index (χ1) is 10.3. The van der Waals surface area contributed by atoms with Crippen molar-refractivity contribution in [3.05, 3.63) is 30.0 Å². The summed E-state index contributed by atoms with van der Waals surface area (Å²) in [7, 11) is 1.77. The molecule has 114 valence electrons. The molecule has 0 N–H and O–H groups in total. The van der Waals surface area contributed by atoms with Gasteiger partial charge in [-0.15, -0.1) is 0 Å². The van der Waals surface area contributed by atoms with E-state index in [0.717, 1.165) is 36.7 Å². The Hall–Kier alpha value is -1.59. The van der Waals surface area contributed by atoms with Crippen molar-refractivity contribution < 1.29 is 13.6 Å². The Balaban J connectivity index is 1.74. The molecule has 0 saturated carbocycles. The van der Waals surface area contributed by atoms with E-state index in [1.54, 1.807) is 19.6 Å². The largest absolute Gasteiger partial charge is 0.472 e. The maximum absolute atomic E-state index is 5.77. The lowest BCUT2D eigenvalue weighted by molar-refractivity contribution is 0.0590. The molecule has 1 fully saturated rings. The first-order valence-electron chi connectivity index (χ1n) is 7.50. The lowest BCUT2D eigenvalue weighted by Crippen LogP contribution is -2.41. The van der Waals surface area contributed by atoms with Crippen molar-refractivity contribution in [2.45, 2.75) is 38.8 Å². The lowest BCUT2D eigenvalue weighted by Gasteiger charge is -2.34. The van der Waals surface area contributed by atoms with Crippen molar-refractivity contribution in [1.29, 1.82) is 0 Å². The number of oxazole rings is 1. The van der Waals surface area contributed by atoms with Crippen LogP contribution in [0.1, 0.15) is 30.7 Å². The molecule has 1 saturated heterocycles. The van der Waals surface area contributed by atoms with E-state index >= 15 is 0 Å². The molecule has 5 heteroatoms. The van der Waals surface area contributed by atoms with E-state index in [4.69, 9.17) is 13.6 Å². The third-order valence-electron chi connectivity index (χ3n) is 4.12. The number of nitrogens with zero attached hydrogens (tertiary/aromatic N) is 2. The van der Waals surface area contributed by atoms with Crippen LogP contribution in [0.2, 0.25) is 0 Å². The van der Waals surface area contributed by atoms with Gasteiger partial charge in [0.2, 0.25) is 5.89 Å². The van der Waals surface area contributed by atoms with Crippen molar-refractivity contribution in [3.63, 3.8) is 0 Å². The molecule has 0 aliphatic carbocycles. The van der Waals surface area contributed by atoms with Gasteiger partial charge in [0.05, 0.1) is 24.1 Å². The third-order valence-corrected chi connectivity index (χ3v) is 4.12. The average molecular weight is 290 g/mol. The third kappa shape index (κ3) is 3.19. The fraction of sp³-hybridized carbons (Fsp3) is 0.562. The molecular formula is C16H22N2O3. The molecule has 5 nitrogen and oxygen atoms in total. The first-order valence-corrected chi connectivity index (χ1v) is 7.50. The summed E-state index contributed by atoms with van der Waals surface area (Å²) in [5, 5.41) is 0. The number of piperidine rings is 1. The summed E-state index contributed by atoms with van der Waals surface area (Å²) >= 11 is 0. The SMILES string of the molecule is COCC1CCCCN1Cc1nc(-c2ccoc2)oc1C. The van der Waals surface area contributed by atoms with Crippen LogP contribution >= 0.6 is 0 Å². The van der Waals surface area contributed by atoms with Crippen LogP contribution in [0.3, 0.4) is 0 Å². The fourth-order valence-corrected chi connectivity index (χ4v) is 2.93. The van der Waals surface area contributed by atoms with E-state index in [-0.39, 0.29) is 0 Å². The summed E-state index contributed by atoms with van der Waals surface area (Å²) < 4.78 is 16.2. The maximum atomic E-state index is 5.77. The van der Waals surface area contributed by atoms with Crippen LogP contribution < -0.4 is 0 Å². The van der Waals surface area contributed by atoms with Crippen LogP contribution in [0.15, 0.2) is 27.4 Å². The molecule has 1 unspecified atom stereocenters. The second kappa shape index (κ2) is 6.45. The Morgan fingerprint density at radius 2 is 2.33 bits per heavy atom. The summed E-state index contributed by atoms with van der Waals surface area (Å²) in [6.07, 6.45) is 7.01. The first kappa shape index (κ1) is 14.4. The molecule has 3 rings (SSSR count). The van der Waals surface area contributed by atoms with Gasteiger partial charge in [-0.1, -0.05) is 6.42 Å². The standard InChI is InChI=1S/C16H22N2O3/c1-12-15(17-16(21-12)13-6-8-20-10-13)9-18-7-4-3-5-14(18)11-19-2/h6,8,10,14H,3-5,7,9,11H2,1-2H3. The van der Waals surface area contributed by atoms with Crippen molar-refractivity contribution in [1.82, 2.24) is 9.88 Å². The Kier molecular flexibility index (Phi) is 4.41. The summed E-state index contributed by atoms with van der Waals surface area (Å²) in [5.74, 6) is 1.52. The van der Waals surface area contributed by atoms with E-state index in [9.17, 15) is 0 Å². The number of aryl methyl sites for hydroxylation is 1. The van der Waals surface area contributed by atoms with Crippen LogP contribution in [0.25, 0.3) is 11.5 Å². The zero-order chi connectivity index (χ0) is 14.7. The molecular weight excluding hydrogens is 268 g/mol. The Labute approximate surface area is 124 Å². The second-order valence-corrected chi connectivity index (χ2v) is 5.61. The van der Waals surface area contributed by atoms with Crippen LogP contribution in [0, 0.1) is 6.92 Å². The van der Waals surface area contributed by atoms with Crippen molar-refractivity contribution in [2.24, 2.45) is 0 Å². The van der Waals surface area contributed by atoms with Gasteiger partial charge < -0.3 is 13.6 Å². The molecule has 3 heterocycles. The number of likely N-dealkylation sites (tertiary alicyclic amines) is 1. The predicted molar refractivity (Wildman–Crippen MR) is 78.9 cm³/mol. The Morgan fingerprint density at radius 3 is 3.10 bits per heavy atom. The number of aromatic nitrogens is 1. The molecule has 0 radical (unpaired) electrons. The molecule has 1 aliphatic heterocycles. The number of hydrogen-bond donors (Lipinski definition) is 0. The highest BCUT2D eigenvalue weighted by Crippen LogP contribution is 2.25. The highest BCUT2D eigenvalue weighted by molar-refractivity contribution is 5.51. The van der Waals surface area contributed by atoms with E-state index in [2.05, 4.69) is 9.88 Å². The van der Waals surface area contributed by atoms with E-state index in [0.29, 0.717) is 11.9 Å². The predicted octanol–water partition coefficient (Wildman–Crippen LogP) is 3.24. The van der Waals surface area contributed by atoms with Gasteiger partial charge in [0, 0.05) is 19.7 Å². The summed E-state index contributed by atoms with van der Waals surface area (Å²) in [6, 6.07) is 2.35. The molecule has 21 heavy (non-hydrogen) atoms. The van der Waals surface area contributed by atoms with Gasteiger partial charge >= 0.3 is 0 Å². The number of ether oxygens (including phenoxy) is 1. The normalized spacial score (nSPS) is 20.0. The minimum absolute atomic E-state index is 0.484. The molecule has 2 aromatic heterocycles.